The van der Waals surface area contributed by atoms with Crippen molar-refractivity contribution in [2.24, 2.45) is 0 Å². The molecule has 1 aromatic heterocycles. The summed E-state index contributed by atoms with van der Waals surface area (Å²) >= 11 is 1.32. The Labute approximate surface area is 192 Å². The molecule has 1 N–H and O–H groups in total. The first-order valence-corrected chi connectivity index (χ1v) is 11.7. The van der Waals surface area contributed by atoms with E-state index in [-0.39, 0.29) is 12.5 Å². The zero-order chi connectivity index (χ0) is 22.7. The van der Waals surface area contributed by atoms with E-state index in [1.165, 1.54) is 42.4 Å². The zero-order valence-corrected chi connectivity index (χ0v) is 19.4. The van der Waals surface area contributed by atoms with Gasteiger partial charge in [-0.1, -0.05) is 24.3 Å². The fourth-order valence-electron chi connectivity index (χ4n) is 4.20. The Morgan fingerprint density at radius 2 is 1.72 bits per heavy atom. The maximum Gasteiger partial charge on any atom is 0.341 e. The second-order valence-electron chi connectivity index (χ2n) is 8.20. The van der Waals surface area contributed by atoms with Crippen LogP contribution in [0.25, 0.3) is 11.1 Å². The van der Waals surface area contributed by atoms with Crippen LogP contribution in [0.4, 0.5) is 5.00 Å². The maximum absolute atomic E-state index is 12.6. The van der Waals surface area contributed by atoms with E-state index in [9.17, 15) is 9.59 Å². The van der Waals surface area contributed by atoms with Crippen LogP contribution in [0.2, 0.25) is 0 Å². The van der Waals surface area contributed by atoms with Crippen LogP contribution in [0.15, 0.2) is 41.8 Å². The van der Waals surface area contributed by atoms with Crippen LogP contribution in [0.1, 0.15) is 45.5 Å². The first-order valence-electron chi connectivity index (χ1n) is 10.8. The van der Waals surface area contributed by atoms with Gasteiger partial charge in [0.05, 0.1) is 7.11 Å². The van der Waals surface area contributed by atoms with Crippen molar-refractivity contribution in [3.05, 3.63) is 69.6 Å². The number of anilines is 1. The Balaban J connectivity index is 1.54. The average Bonchev–Trinajstić information content (AvgIpc) is 3.19. The van der Waals surface area contributed by atoms with E-state index in [4.69, 9.17) is 9.47 Å². The number of aryl methyl sites for hydroxylation is 4. The number of thiophene rings is 1. The van der Waals surface area contributed by atoms with Crippen LogP contribution < -0.4 is 10.1 Å². The lowest BCUT2D eigenvalue weighted by atomic mass is 9.89. The standard InChI is InChI=1S/C26H27NO4S/c1-16-10-17(2)12-21(11-16)31-14-23(28)27-25-24(26(29)30-3)22(15-32-25)20-9-8-18-6-4-5-7-19(18)13-20/h8-13,15H,4-7,14H2,1-3H3,(H,27,28). The van der Waals surface area contributed by atoms with Crippen LogP contribution >= 0.6 is 11.3 Å². The number of ether oxygens (including phenoxy) is 2. The first-order chi connectivity index (χ1) is 15.4. The fourth-order valence-corrected chi connectivity index (χ4v) is 5.17. The highest BCUT2D eigenvalue weighted by Gasteiger charge is 2.23. The Morgan fingerprint density at radius 3 is 2.44 bits per heavy atom. The molecule has 0 fully saturated rings. The molecule has 0 saturated carbocycles. The number of methoxy groups -OCH3 is 1. The number of benzene rings is 2. The molecule has 6 heteroatoms. The van der Waals surface area contributed by atoms with E-state index in [1.54, 1.807) is 0 Å². The van der Waals surface area contributed by atoms with Crippen molar-refractivity contribution >= 4 is 28.2 Å². The van der Waals surface area contributed by atoms with Gasteiger partial charge in [0.15, 0.2) is 6.61 Å². The normalized spacial score (nSPS) is 12.7. The smallest absolute Gasteiger partial charge is 0.341 e. The third-order valence-corrected chi connectivity index (χ3v) is 6.55. The van der Waals surface area contributed by atoms with Crippen LogP contribution in [0.5, 0.6) is 5.75 Å². The minimum Gasteiger partial charge on any atom is -0.484 e. The van der Waals surface area contributed by atoms with Crippen molar-refractivity contribution in [3.63, 3.8) is 0 Å². The van der Waals surface area contributed by atoms with Crippen molar-refractivity contribution < 1.29 is 19.1 Å². The minimum atomic E-state index is -0.468. The predicted octanol–water partition coefficient (Wildman–Crippen LogP) is 5.71. The number of rotatable bonds is 6. The summed E-state index contributed by atoms with van der Waals surface area (Å²) in [7, 11) is 1.35. The topological polar surface area (TPSA) is 64.6 Å². The predicted molar refractivity (Wildman–Crippen MR) is 128 cm³/mol. The van der Waals surface area contributed by atoms with Crippen molar-refractivity contribution in [1.29, 1.82) is 0 Å². The third-order valence-electron chi connectivity index (χ3n) is 5.66. The van der Waals surface area contributed by atoms with Crippen molar-refractivity contribution in [2.45, 2.75) is 39.5 Å². The molecule has 0 bridgehead atoms. The summed E-state index contributed by atoms with van der Waals surface area (Å²) in [6.45, 7) is 3.82. The molecule has 0 atom stereocenters. The molecule has 166 valence electrons. The summed E-state index contributed by atoms with van der Waals surface area (Å²) in [5, 5.41) is 5.20. The van der Waals surface area contributed by atoms with Gasteiger partial charge in [-0.3, -0.25) is 4.79 Å². The largest absolute Gasteiger partial charge is 0.484 e. The molecule has 1 amide bonds. The number of hydrogen-bond donors (Lipinski definition) is 1. The maximum atomic E-state index is 12.6. The molecule has 1 aliphatic carbocycles. The Hall–Kier alpha value is -3.12. The lowest BCUT2D eigenvalue weighted by molar-refractivity contribution is -0.118. The summed E-state index contributed by atoms with van der Waals surface area (Å²) in [6, 6.07) is 12.2. The van der Waals surface area contributed by atoms with Gasteiger partial charge in [-0.05, 0) is 79.5 Å². The van der Waals surface area contributed by atoms with E-state index in [2.05, 4.69) is 17.4 Å². The minimum absolute atomic E-state index is 0.143. The third kappa shape index (κ3) is 4.86. The van der Waals surface area contributed by atoms with Gasteiger partial charge >= 0.3 is 5.97 Å². The molecule has 0 saturated heterocycles. The highest BCUT2D eigenvalue weighted by Crippen LogP contribution is 2.37. The zero-order valence-electron chi connectivity index (χ0n) is 18.6. The van der Waals surface area contributed by atoms with Crippen molar-refractivity contribution in [2.75, 3.05) is 19.0 Å². The van der Waals surface area contributed by atoms with E-state index >= 15 is 0 Å². The number of fused-ring (bicyclic) bond motifs is 1. The van der Waals surface area contributed by atoms with Crippen LogP contribution in [-0.4, -0.2) is 25.6 Å². The lowest BCUT2D eigenvalue weighted by Crippen LogP contribution is -2.21. The van der Waals surface area contributed by atoms with Gasteiger partial charge in [0.2, 0.25) is 0 Å². The molecular weight excluding hydrogens is 422 g/mol. The number of carbonyl (C=O) groups excluding carboxylic acids is 2. The molecule has 32 heavy (non-hydrogen) atoms. The molecule has 5 nitrogen and oxygen atoms in total. The summed E-state index contributed by atoms with van der Waals surface area (Å²) < 4.78 is 10.7. The molecular formula is C26H27NO4S. The monoisotopic (exact) mass is 449 g/mol. The van der Waals surface area contributed by atoms with Gasteiger partial charge in [-0.25, -0.2) is 4.79 Å². The average molecular weight is 450 g/mol. The number of carbonyl (C=O) groups is 2. The summed E-state index contributed by atoms with van der Waals surface area (Å²) in [5.74, 6) is -0.149. The van der Waals surface area contributed by atoms with Crippen LogP contribution in [0, 0.1) is 13.8 Å². The number of hydrogen-bond acceptors (Lipinski definition) is 5. The second-order valence-corrected chi connectivity index (χ2v) is 9.08. The molecule has 0 aliphatic heterocycles. The van der Waals surface area contributed by atoms with E-state index in [1.807, 2.05) is 43.5 Å². The number of esters is 1. The molecule has 0 spiro atoms. The first kappa shape index (κ1) is 22.1. The number of nitrogens with one attached hydrogen (secondary N) is 1. The lowest BCUT2D eigenvalue weighted by Gasteiger charge is -2.16. The SMILES string of the molecule is COC(=O)c1c(-c2ccc3c(c2)CCCC3)csc1NC(=O)COc1cc(C)cc(C)c1. The highest BCUT2D eigenvalue weighted by molar-refractivity contribution is 7.15. The van der Waals surface area contributed by atoms with Crippen molar-refractivity contribution in [1.82, 2.24) is 0 Å². The van der Waals surface area contributed by atoms with Gasteiger partial charge in [0, 0.05) is 10.9 Å². The molecule has 2 aromatic carbocycles. The van der Waals surface area contributed by atoms with Crippen LogP contribution in [0.3, 0.4) is 0 Å². The van der Waals surface area contributed by atoms with Gasteiger partial charge in [-0.2, -0.15) is 0 Å². The van der Waals surface area contributed by atoms with Gasteiger partial charge in [-0.15, -0.1) is 11.3 Å². The van der Waals surface area contributed by atoms with Crippen LogP contribution in [-0.2, 0) is 22.4 Å². The fraction of sp³-hybridized carbons (Fsp3) is 0.308. The van der Waals surface area contributed by atoms with Crippen molar-refractivity contribution in [3.8, 4) is 16.9 Å². The molecule has 3 aromatic rings. The van der Waals surface area contributed by atoms with E-state index in [0.717, 1.165) is 35.1 Å². The Bertz CT molecular complexity index is 1140. The van der Waals surface area contributed by atoms with Gasteiger partial charge in [0.1, 0.15) is 16.3 Å². The molecule has 0 radical (unpaired) electrons. The Morgan fingerprint density at radius 1 is 1.00 bits per heavy atom. The van der Waals surface area contributed by atoms with E-state index in [0.29, 0.717) is 16.3 Å². The summed E-state index contributed by atoms with van der Waals surface area (Å²) in [6.07, 6.45) is 4.56. The van der Waals surface area contributed by atoms with E-state index < -0.39 is 5.97 Å². The molecule has 1 aliphatic rings. The molecule has 0 unspecified atom stereocenters. The summed E-state index contributed by atoms with van der Waals surface area (Å²) in [4.78, 5) is 25.2. The summed E-state index contributed by atoms with van der Waals surface area (Å²) in [5.41, 5.74) is 6.99. The second kappa shape index (κ2) is 9.57. The number of amides is 1. The molecule has 1 heterocycles. The quantitative estimate of drug-likeness (QED) is 0.489. The van der Waals surface area contributed by atoms with Gasteiger partial charge in [0.25, 0.3) is 5.91 Å². The Kier molecular flexibility index (Phi) is 6.61. The van der Waals surface area contributed by atoms with Gasteiger partial charge < -0.3 is 14.8 Å². The highest BCUT2D eigenvalue weighted by atomic mass is 32.1. The molecule has 4 rings (SSSR count).